The van der Waals surface area contributed by atoms with E-state index in [1.807, 2.05) is 60.3 Å². The molecule has 0 atom stereocenters. The molecule has 1 aliphatic rings. The minimum Gasteiger partial charge on any atom is -0.352 e. The van der Waals surface area contributed by atoms with Crippen molar-refractivity contribution in [3.05, 3.63) is 83.2 Å². The van der Waals surface area contributed by atoms with E-state index < -0.39 is 0 Å². The molecule has 2 N–H and O–H groups in total. The van der Waals surface area contributed by atoms with E-state index in [0.717, 1.165) is 24.0 Å². The molecule has 7 heteroatoms. The summed E-state index contributed by atoms with van der Waals surface area (Å²) < 4.78 is 1.81. The van der Waals surface area contributed by atoms with Crippen LogP contribution < -0.4 is 10.6 Å². The Morgan fingerprint density at radius 3 is 2.53 bits per heavy atom. The zero-order chi connectivity index (χ0) is 20.9. The maximum absolute atomic E-state index is 12.5. The Kier molecular flexibility index (Phi) is 5.88. The van der Waals surface area contributed by atoms with E-state index in [1.165, 1.54) is 5.56 Å². The van der Waals surface area contributed by atoms with E-state index in [1.54, 1.807) is 12.3 Å². The molecule has 1 aromatic heterocycles. The highest BCUT2D eigenvalue weighted by Gasteiger charge is 2.35. The summed E-state index contributed by atoms with van der Waals surface area (Å²) in [6, 6.07) is 15.7. The van der Waals surface area contributed by atoms with E-state index >= 15 is 0 Å². The molecule has 0 saturated heterocycles. The Hall–Kier alpha value is -3.48. The molecule has 0 bridgehead atoms. The van der Waals surface area contributed by atoms with E-state index in [0.29, 0.717) is 18.7 Å². The second kappa shape index (κ2) is 8.90. The second-order valence-electron chi connectivity index (χ2n) is 7.79. The number of benzene rings is 2. The third kappa shape index (κ3) is 4.74. The third-order valence-electron chi connectivity index (χ3n) is 5.53. The number of aryl methyl sites for hydroxylation is 1. The van der Waals surface area contributed by atoms with Crippen molar-refractivity contribution >= 4 is 11.8 Å². The first-order chi connectivity index (χ1) is 14.6. The fraction of sp³-hybridized carbons (Fsp3) is 0.304. The highest BCUT2D eigenvalue weighted by molar-refractivity contribution is 5.94. The number of amides is 2. The van der Waals surface area contributed by atoms with Crippen LogP contribution in [0.1, 0.15) is 45.9 Å². The number of rotatable bonds is 7. The summed E-state index contributed by atoms with van der Waals surface area (Å²) in [7, 11) is 0. The maximum Gasteiger partial charge on any atom is 0.251 e. The Bertz CT molecular complexity index is 1010. The van der Waals surface area contributed by atoms with Gasteiger partial charge < -0.3 is 10.6 Å². The van der Waals surface area contributed by atoms with Crippen LogP contribution >= 0.6 is 0 Å². The van der Waals surface area contributed by atoms with Gasteiger partial charge >= 0.3 is 0 Å². The average molecular weight is 403 g/mol. The first kappa shape index (κ1) is 19.8. The molecule has 0 aliphatic heterocycles. The highest BCUT2D eigenvalue weighted by atomic mass is 16.2. The van der Waals surface area contributed by atoms with Crippen LogP contribution in [0.3, 0.4) is 0 Å². The van der Waals surface area contributed by atoms with Crippen molar-refractivity contribution in [1.29, 1.82) is 0 Å². The van der Waals surface area contributed by atoms with Crippen molar-refractivity contribution in [1.82, 2.24) is 25.6 Å². The van der Waals surface area contributed by atoms with Gasteiger partial charge in [-0.2, -0.15) is 0 Å². The van der Waals surface area contributed by atoms with E-state index in [9.17, 15) is 9.59 Å². The van der Waals surface area contributed by atoms with Gasteiger partial charge in [0.2, 0.25) is 5.91 Å². The largest absolute Gasteiger partial charge is 0.352 e. The zero-order valence-electron chi connectivity index (χ0n) is 16.9. The monoisotopic (exact) mass is 403 g/mol. The summed E-state index contributed by atoms with van der Waals surface area (Å²) in [4.78, 5) is 24.9. The topological polar surface area (TPSA) is 88.9 Å². The van der Waals surface area contributed by atoms with Crippen LogP contribution in [0.4, 0.5) is 0 Å². The van der Waals surface area contributed by atoms with Gasteiger partial charge in [0.05, 0.1) is 12.2 Å². The van der Waals surface area contributed by atoms with E-state index in [4.69, 9.17) is 0 Å². The quantitative estimate of drug-likeness (QED) is 0.635. The molecule has 4 rings (SSSR count). The Morgan fingerprint density at radius 2 is 1.80 bits per heavy atom. The van der Waals surface area contributed by atoms with E-state index in [2.05, 4.69) is 20.9 Å². The molecule has 7 nitrogen and oxygen atoms in total. The maximum atomic E-state index is 12.5. The molecule has 0 radical (unpaired) electrons. The lowest BCUT2D eigenvalue weighted by Gasteiger charge is -2.33. The van der Waals surface area contributed by atoms with Crippen molar-refractivity contribution < 1.29 is 9.59 Å². The smallest absolute Gasteiger partial charge is 0.251 e. The van der Waals surface area contributed by atoms with Crippen LogP contribution in [0.15, 0.2) is 60.9 Å². The number of nitrogens with zero attached hydrogens (tertiary/aromatic N) is 3. The SMILES string of the molecule is Cc1ccc(CNC(=O)c2cccc(CNC(=O)C3CC(n4ccnn4)C3)c2)cc1. The van der Waals surface area contributed by atoms with Crippen LogP contribution in [0.5, 0.6) is 0 Å². The lowest BCUT2D eigenvalue weighted by Crippen LogP contribution is -2.39. The van der Waals surface area contributed by atoms with Crippen LogP contribution in [0.2, 0.25) is 0 Å². The normalized spacial score (nSPS) is 17.8. The molecule has 3 aromatic rings. The molecular weight excluding hydrogens is 378 g/mol. The second-order valence-corrected chi connectivity index (χ2v) is 7.79. The van der Waals surface area contributed by atoms with Crippen molar-refractivity contribution in [3.63, 3.8) is 0 Å². The molecule has 1 aliphatic carbocycles. The van der Waals surface area contributed by atoms with Gasteiger partial charge in [-0.25, -0.2) is 4.68 Å². The summed E-state index contributed by atoms with van der Waals surface area (Å²) in [5.74, 6) is -0.0841. The molecule has 1 heterocycles. The van der Waals surface area contributed by atoms with Gasteiger partial charge in [0.25, 0.3) is 5.91 Å². The predicted octanol–water partition coefficient (Wildman–Crippen LogP) is 2.78. The summed E-state index contributed by atoms with van der Waals surface area (Å²) in [5, 5.41) is 13.7. The minimum atomic E-state index is -0.126. The van der Waals surface area contributed by atoms with Gasteiger partial charge in [-0.15, -0.1) is 5.10 Å². The molecule has 2 amide bonds. The lowest BCUT2D eigenvalue weighted by molar-refractivity contribution is -0.129. The van der Waals surface area contributed by atoms with Crippen LogP contribution in [-0.2, 0) is 17.9 Å². The van der Waals surface area contributed by atoms with Gasteiger partial charge in [0.15, 0.2) is 0 Å². The van der Waals surface area contributed by atoms with Crippen molar-refractivity contribution in [2.45, 2.75) is 38.9 Å². The van der Waals surface area contributed by atoms with Gasteiger partial charge in [-0.05, 0) is 43.0 Å². The van der Waals surface area contributed by atoms with Crippen LogP contribution in [0.25, 0.3) is 0 Å². The Morgan fingerprint density at radius 1 is 1.03 bits per heavy atom. The van der Waals surface area contributed by atoms with Gasteiger partial charge in [-0.1, -0.05) is 47.2 Å². The number of carbonyl (C=O) groups is 2. The van der Waals surface area contributed by atoms with Crippen LogP contribution in [0, 0.1) is 12.8 Å². The highest BCUT2D eigenvalue weighted by Crippen LogP contribution is 2.37. The molecule has 1 fully saturated rings. The molecule has 154 valence electrons. The molecule has 0 spiro atoms. The molecule has 1 saturated carbocycles. The number of hydrogen-bond donors (Lipinski definition) is 2. The van der Waals surface area contributed by atoms with E-state index in [-0.39, 0.29) is 23.8 Å². The number of carbonyl (C=O) groups excluding carboxylic acids is 2. The Balaban J connectivity index is 1.25. The van der Waals surface area contributed by atoms with Crippen molar-refractivity contribution in [2.24, 2.45) is 5.92 Å². The predicted molar refractivity (Wildman–Crippen MR) is 112 cm³/mol. The fourth-order valence-electron chi connectivity index (χ4n) is 3.58. The standard InChI is InChI=1S/C23H25N5O2/c1-16-5-7-17(8-6-16)14-24-22(29)19-4-2-3-18(11-19)15-25-23(30)20-12-21(13-20)28-10-9-26-27-28/h2-11,20-21H,12-15H2,1H3,(H,24,29)(H,25,30). The van der Waals surface area contributed by atoms with Crippen molar-refractivity contribution in [3.8, 4) is 0 Å². The zero-order valence-corrected chi connectivity index (χ0v) is 16.9. The molecule has 30 heavy (non-hydrogen) atoms. The molecular formula is C23H25N5O2. The van der Waals surface area contributed by atoms with Gasteiger partial charge in [0, 0.05) is 30.8 Å². The van der Waals surface area contributed by atoms with Crippen molar-refractivity contribution in [2.75, 3.05) is 0 Å². The number of nitrogens with one attached hydrogen (secondary N) is 2. The fourth-order valence-corrected chi connectivity index (χ4v) is 3.58. The third-order valence-corrected chi connectivity index (χ3v) is 5.53. The lowest BCUT2D eigenvalue weighted by atomic mass is 9.79. The summed E-state index contributed by atoms with van der Waals surface area (Å²) in [6.07, 6.45) is 5.03. The average Bonchev–Trinajstić information content (AvgIpc) is 3.25. The molecule has 0 unspecified atom stereocenters. The summed E-state index contributed by atoms with van der Waals surface area (Å²) >= 11 is 0. The summed E-state index contributed by atoms with van der Waals surface area (Å²) in [5.41, 5.74) is 3.74. The first-order valence-electron chi connectivity index (χ1n) is 10.1. The summed E-state index contributed by atoms with van der Waals surface area (Å²) in [6.45, 7) is 2.92. The first-order valence-corrected chi connectivity index (χ1v) is 10.1. The Labute approximate surface area is 175 Å². The molecule has 2 aromatic carbocycles. The van der Waals surface area contributed by atoms with Crippen LogP contribution in [-0.4, -0.2) is 26.8 Å². The number of aromatic nitrogens is 3. The number of hydrogen-bond acceptors (Lipinski definition) is 4. The minimum absolute atomic E-state index is 0.000176. The van der Waals surface area contributed by atoms with Gasteiger partial charge in [0.1, 0.15) is 0 Å². The van der Waals surface area contributed by atoms with Gasteiger partial charge in [-0.3, -0.25) is 9.59 Å².